The molecule has 1 aliphatic heterocycles. The number of aryl methyl sites for hydroxylation is 1. The lowest BCUT2D eigenvalue weighted by atomic mass is 9.99. The Balaban J connectivity index is 1.52. The van der Waals surface area contributed by atoms with Crippen molar-refractivity contribution in [2.24, 2.45) is 5.92 Å². The largest absolute Gasteiger partial charge is 0.463 e. The molecule has 2 heterocycles. The summed E-state index contributed by atoms with van der Waals surface area (Å²) in [5.74, 6) is 2.90. The highest BCUT2D eigenvalue weighted by Crippen LogP contribution is 2.23. The lowest BCUT2D eigenvalue weighted by molar-refractivity contribution is 0.0838. The van der Waals surface area contributed by atoms with E-state index in [9.17, 15) is 0 Å². The Morgan fingerprint density at radius 3 is 3.00 bits per heavy atom. The smallest absolute Gasteiger partial charge is 0.120 e. The lowest BCUT2D eigenvalue weighted by Crippen LogP contribution is -2.36. The molecule has 1 aromatic rings. The van der Waals surface area contributed by atoms with Crippen LogP contribution in [0.4, 0.5) is 0 Å². The van der Waals surface area contributed by atoms with E-state index in [1.54, 1.807) is 7.11 Å². The zero-order valence-electron chi connectivity index (χ0n) is 13.4. The fourth-order valence-corrected chi connectivity index (χ4v) is 3.26. The highest BCUT2D eigenvalue weighted by molar-refractivity contribution is 5.20. The molecule has 21 heavy (non-hydrogen) atoms. The first-order valence-electron chi connectivity index (χ1n) is 8.27. The van der Waals surface area contributed by atoms with Crippen molar-refractivity contribution in [3.8, 4) is 0 Å². The molecule has 1 atom stereocenters. The van der Waals surface area contributed by atoms with E-state index in [4.69, 9.17) is 9.15 Å². The zero-order chi connectivity index (χ0) is 14.7. The van der Waals surface area contributed by atoms with Gasteiger partial charge in [0.2, 0.25) is 0 Å². The molecule has 2 aliphatic rings. The van der Waals surface area contributed by atoms with Gasteiger partial charge < -0.3 is 14.5 Å². The first-order valence-corrected chi connectivity index (χ1v) is 8.27. The summed E-state index contributed by atoms with van der Waals surface area (Å²) in [6.45, 7) is 7.15. The van der Waals surface area contributed by atoms with Crippen molar-refractivity contribution in [1.29, 1.82) is 0 Å². The lowest BCUT2D eigenvalue weighted by Gasteiger charge is -2.31. The van der Waals surface area contributed by atoms with Crippen molar-refractivity contribution in [3.05, 3.63) is 23.2 Å². The quantitative estimate of drug-likeness (QED) is 0.838. The summed E-state index contributed by atoms with van der Waals surface area (Å²) in [5.41, 5.74) is 1.28. The van der Waals surface area contributed by atoms with Crippen molar-refractivity contribution in [2.75, 3.05) is 26.8 Å². The number of ether oxygens (including phenoxy) is 1. The molecule has 1 aliphatic carbocycles. The van der Waals surface area contributed by atoms with Gasteiger partial charge in [-0.1, -0.05) is 0 Å². The molecular formula is C17H28N2O2. The van der Waals surface area contributed by atoms with Gasteiger partial charge in [0.1, 0.15) is 11.5 Å². The fourth-order valence-electron chi connectivity index (χ4n) is 3.26. The van der Waals surface area contributed by atoms with Crippen LogP contribution >= 0.6 is 0 Å². The van der Waals surface area contributed by atoms with Crippen LogP contribution < -0.4 is 5.32 Å². The monoisotopic (exact) mass is 292 g/mol. The van der Waals surface area contributed by atoms with Crippen molar-refractivity contribution in [2.45, 2.75) is 51.7 Å². The van der Waals surface area contributed by atoms with Crippen LogP contribution in [0.15, 0.2) is 10.5 Å². The Kier molecular flexibility index (Phi) is 4.99. The Hall–Kier alpha value is -0.840. The van der Waals surface area contributed by atoms with Gasteiger partial charge in [-0.2, -0.15) is 0 Å². The first kappa shape index (κ1) is 15.1. The van der Waals surface area contributed by atoms with Crippen molar-refractivity contribution in [3.63, 3.8) is 0 Å². The van der Waals surface area contributed by atoms with Gasteiger partial charge in [-0.25, -0.2) is 0 Å². The van der Waals surface area contributed by atoms with Crippen molar-refractivity contribution < 1.29 is 9.15 Å². The number of nitrogens with one attached hydrogen (secondary N) is 1. The maximum atomic E-state index is 6.06. The van der Waals surface area contributed by atoms with Gasteiger partial charge in [0.25, 0.3) is 0 Å². The van der Waals surface area contributed by atoms with Gasteiger partial charge >= 0.3 is 0 Å². The molecule has 2 fully saturated rings. The van der Waals surface area contributed by atoms with E-state index in [1.807, 2.05) is 0 Å². The summed E-state index contributed by atoms with van der Waals surface area (Å²) in [4.78, 5) is 2.50. The van der Waals surface area contributed by atoms with Crippen LogP contribution in [0.5, 0.6) is 0 Å². The number of hydrogen-bond acceptors (Lipinski definition) is 4. The molecule has 0 amide bonds. The molecule has 1 unspecified atom stereocenters. The molecule has 0 spiro atoms. The van der Waals surface area contributed by atoms with E-state index in [2.05, 4.69) is 23.2 Å². The second kappa shape index (κ2) is 6.95. The van der Waals surface area contributed by atoms with E-state index in [-0.39, 0.29) is 0 Å². The Morgan fingerprint density at radius 2 is 2.24 bits per heavy atom. The molecule has 0 bridgehead atoms. The molecule has 0 radical (unpaired) electrons. The van der Waals surface area contributed by atoms with Gasteiger partial charge in [0.15, 0.2) is 0 Å². The molecule has 4 nitrogen and oxygen atoms in total. The molecule has 4 heteroatoms. The Morgan fingerprint density at radius 1 is 1.38 bits per heavy atom. The summed E-state index contributed by atoms with van der Waals surface area (Å²) < 4.78 is 11.4. The standard InChI is InChI=1S/C17H28N2O2/c1-13-8-16(21-17(13)9-18-15-5-6-15)11-19-7-3-4-14(10-19)12-20-2/h8,14-15,18H,3-7,9-12H2,1-2H3. The number of methoxy groups -OCH3 is 1. The molecule has 1 aromatic heterocycles. The third-order valence-electron chi connectivity index (χ3n) is 4.59. The number of piperidine rings is 1. The Bertz CT molecular complexity index is 452. The van der Waals surface area contributed by atoms with Crippen LogP contribution in [0, 0.1) is 12.8 Å². The summed E-state index contributed by atoms with van der Waals surface area (Å²) in [7, 11) is 1.80. The third kappa shape index (κ3) is 4.31. The molecule has 118 valence electrons. The number of nitrogens with zero attached hydrogens (tertiary/aromatic N) is 1. The number of likely N-dealkylation sites (tertiary alicyclic amines) is 1. The second-order valence-corrected chi connectivity index (χ2v) is 6.67. The molecule has 1 saturated heterocycles. The normalized spacial score (nSPS) is 23.6. The number of furan rings is 1. The van der Waals surface area contributed by atoms with Gasteiger partial charge in [-0.3, -0.25) is 4.90 Å². The molecule has 0 aromatic carbocycles. The Labute approximate surface area is 127 Å². The molecular weight excluding hydrogens is 264 g/mol. The summed E-state index contributed by atoms with van der Waals surface area (Å²) in [6.07, 6.45) is 5.20. The number of hydrogen-bond donors (Lipinski definition) is 1. The minimum Gasteiger partial charge on any atom is -0.463 e. The maximum Gasteiger partial charge on any atom is 0.120 e. The van der Waals surface area contributed by atoms with Crippen LogP contribution in [0.1, 0.15) is 42.8 Å². The van der Waals surface area contributed by atoms with Crippen molar-refractivity contribution in [1.82, 2.24) is 10.2 Å². The van der Waals surface area contributed by atoms with Crippen LogP contribution in [-0.2, 0) is 17.8 Å². The SMILES string of the molecule is COCC1CCCN(Cc2cc(C)c(CNC3CC3)o2)C1. The average molecular weight is 292 g/mol. The summed E-state index contributed by atoms with van der Waals surface area (Å²) >= 11 is 0. The maximum absolute atomic E-state index is 6.06. The minimum atomic E-state index is 0.677. The topological polar surface area (TPSA) is 37.6 Å². The predicted molar refractivity (Wildman–Crippen MR) is 83.2 cm³/mol. The average Bonchev–Trinajstić information content (AvgIpc) is 3.22. The summed E-state index contributed by atoms with van der Waals surface area (Å²) in [5, 5.41) is 3.53. The van der Waals surface area contributed by atoms with Gasteiger partial charge in [0, 0.05) is 19.7 Å². The predicted octanol–water partition coefficient (Wildman–Crippen LogP) is 2.70. The van der Waals surface area contributed by atoms with Gasteiger partial charge in [-0.05, 0) is 56.7 Å². The molecule has 1 N–H and O–H groups in total. The highest BCUT2D eigenvalue weighted by atomic mass is 16.5. The van der Waals surface area contributed by atoms with Gasteiger partial charge in [-0.15, -0.1) is 0 Å². The second-order valence-electron chi connectivity index (χ2n) is 6.67. The van der Waals surface area contributed by atoms with E-state index < -0.39 is 0 Å². The molecule has 1 saturated carbocycles. The minimum absolute atomic E-state index is 0.677. The fraction of sp³-hybridized carbons (Fsp3) is 0.765. The summed E-state index contributed by atoms with van der Waals surface area (Å²) in [6, 6.07) is 2.94. The first-order chi connectivity index (χ1) is 10.2. The number of rotatable bonds is 7. The van der Waals surface area contributed by atoms with Crippen LogP contribution in [0.25, 0.3) is 0 Å². The van der Waals surface area contributed by atoms with E-state index in [0.717, 1.165) is 43.8 Å². The van der Waals surface area contributed by atoms with E-state index >= 15 is 0 Å². The van der Waals surface area contributed by atoms with E-state index in [1.165, 1.54) is 37.8 Å². The molecule has 3 rings (SSSR count). The van der Waals surface area contributed by atoms with Gasteiger partial charge in [0.05, 0.1) is 19.7 Å². The third-order valence-corrected chi connectivity index (χ3v) is 4.59. The van der Waals surface area contributed by atoms with Crippen molar-refractivity contribution >= 4 is 0 Å². The van der Waals surface area contributed by atoms with Crippen LogP contribution in [0.3, 0.4) is 0 Å². The highest BCUT2D eigenvalue weighted by Gasteiger charge is 2.23. The van der Waals surface area contributed by atoms with Crippen LogP contribution in [0.2, 0.25) is 0 Å². The zero-order valence-corrected chi connectivity index (χ0v) is 13.4. The van der Waals surface area contributed by atoms with Crippen LogP contribution in [-0.4, -0.2) is 37.7 Å². The van der Waals surface area contributed by atoms with E-state index in [0.29, 0.717) is 5.92 Å².